The highest BCUT2D eigenvalue weighted by atomic mass is 127. The molecule has 1 N–H and O–H groups in total. The maximum absolute atomic E-state index is 10.8. The minimum absolute atomic E-state index is 0.0243. The average Bonchev–Trinajstić information content (AvgIpc) is 2.97. The minimum Gasteiger partial charge on any atom is -0.476 e. The van der Waals surface area contributed by atoms with Crippen LogP contribution in [0.5, 0.6) is 0 Å². The maximum Gasteiger partial charge on any atom is 0.356 e. The van der Waals surface area contributed by atoms with Crippen LogP contribution in [0.2, 0.25) is 0 Å². The summed E-state index contributed by atoms with van der Waals surface area (Å²) in [6.45, 7) is 0.914. The van der Waals surface area contributed by atoms with Crippen LogP contribution in [0, 0.1) is 3.57 Å². The van der Waals surface area contributed by atoms with E-state index >= 15 is 0 Å². The average molecular weight is 395 g/mol. The molecule has 1 aromatic heterocycles. The lowest BCUT2D eigenvalue weighted by Crippen LogP contribution is -2.24. The fourth-order valence-electron chi connectivity index (χ4n) is 2.65. The monoisotopic (exact) mass is 395 g/mol. The molecule has 2 aromatic rings. The summed E-state index contributed by atoms with van der Waals surface area (Å²) in [7, 11) is 0. The zero-order chi connectivity index (χ0) is 14.8. The van der Waals surface area contributed by atoms with Crippen LogP contribution in [0.3, 0.4) is 0 Å². The number of aromatic carboxylic acids is 1. The molecule has 1 atom stereocenters. The van der Waals surface area contributed by atoms with Gasteiger partial charge in [0.1, 0.15) is 5.82 Å². The first kappa shape index (κ1) is 14.2. The highest BCUT2D eigenvalue weighted by Crippen LogP contribution is 2.34. The van der Waals surface area contributed by atoms with Gasteiger partial charge in [0.2, 0.25) is 0 Å². The summed E-state index contributed by atoms with van der Waals surface area (Å²) in [5.74, 6) is -0.314. The van der Waals surface area contributed by atoms with Gasteiger partial charge in [0, 0.05) is 10.1 Å². The van der Waals surface area contributed by atoms with Crippen molar-refractivity contribution < 1.29 is 9.90 Å². The van der Waals surface area contributed by atoms with E-state index in [2.05, 4.69) is 61.7 Å². The molecule has 0 amide bonds. The third-order valence-corrected chi connectivity index (χ3v) is 4.38. The van der Waals surface area contributed by atoms with E-state index in [1.165, 1.54) is 15.3 Å². The number of carbonyl (C=O) groups is 1. The first-order chi connectivity index (χ1) is 10.1. The zero-order valence-electron chi connectivity index (χ0n) is 11.2. The number of halogens is 1. The minimum atomic E-state index is -1.05. The summed E-state index contributed by atoms with van der Waals surface area (Å²) in [6, 6.07) is 8.78. The molecule has 1 unspecified atom stereocenters. The Morgan fingerprint density at radius 1 is 1.24 bits per heavy atom. The molecular weight excluding hydrogens is 381 g/mol. The molecule has 3 rings (SSSR count). The number of hydrogen-bond donors (Lipinski definition) is 1. The molecule has 1 aliphatic rings. The van der Waals surface area contributed by atoms with E-state index in [9.17, 15) is 4.79 Å². The van der Waals surface area contributed by atoms with Crippen LogP contribution in [0.4, 0.5) is 5.82 Å². The van der Waals surface area contributed by atoms with Gasteiger partial charge in [-0.15, -0.1) is 0 Å². The second-order valence-corrected chi connectivity index (χ2v) is 6.21. The number of benzene rings is 1. The maximum atomic E-state index is 10.8. The summed E-state index contributed by atoms with van der Waals surface area (Å²) < 4.78 is 1.21. The van der Waals surface area contributed by atoms with Crippen LogP contribution in [0.25, 0.3) is 0 Å². The fraction of sp³-hybridized carbons (Fsp3) is 0.267. The Morgan fingerprint density at radius 3 is 2.62 bits per heavy atom. The largest absolute Gasteiger partial charge is 0.476 e. The van der Waals surface area contributed by atoms with Crippen LogP contribution < -0.4 is 4.90 Å². The van der Waals surface area contributed by atoms with Gasteiger partial charge >= 0.3 is 5.97 Å². The number of carboxylic acids is 1. The van der Waals surface area contributed by atoms with Gasteiger partial charge in [-0.1, -0.05) is 12.1 Å². The fourth-order valence-corrected chi connectivity index (χ4v) is 3.01. The van der Waals surface area contributed by atoms with Crippen molar-refractivity contribution in [2.45, 2.75) is 18.9 Å². The molecule has 2 heterocycles. The standard InChI is InChI=1S/C15H14IN3O2/c16-11-5-3-10(4-6-11)13-2-1-7-19(13)14-9-17-12(8-18-14)15(20)21/h3-6,8-9,13H,1-2,7H2,(H,20,21). The van der Waals surface area contributed by atoms with E-state index in [4.69, 9.17) is 5.11 Å². The van der Waals surface area contributed by atoms with Crippen molar-refractivity contribution >= 4 is 34.4 Å². The molecule has 1 saturated heterocycles. The Morgan fingerprint density at radius 2 is 2.00 bits per heavy atom. The Hall–Kier alpha value is -1.70. The predicted molar refractivity (Wildman–Crippen MR) is 87.5 cm³/mol. The van der Waals surface area contributed by atoms with E-state index in [0.717, 1.165) is 25.2 Å². The van der Waals surface area contributed by atoms with Gasteiger partial charge < -0.3 is 10.0 Å². The van der Waals surface area contributed by atoms with Gasteiger partial charge in [0.25, 0.3) is 0 Å². The molecular formula is C15H14IN3O2. The van der Waals surface area contributed by atoms with Crippen molar-refractivity contribution in [3.63, 3.8) is 0 Å². The lowest BCUT2D eigenvalue weighted by atomic mass is 10.0. The van der Waals surface area contributed by atoms with Crippen molar-refractivity contribution in [2.24, 2.45) is 0 Å². The highest BCUT2D eigenvalue weighted by Gasteiger charge is 2.27. The topological polar surface area (TPSA) is 66.3 Å². The zero-order valence-corrected chi connectivity index (χ0v) is 13.4. The van der Waals surface area contributed by atoms with E-state index < -0.39 is 5.97 Å². The summed E-state index contributed by atoms with van der Waals surface area (Å²) in [5, 5.41) is 8.88. The highest BCUT2D eigenvalue weighted by molar-refractivity contribution is 14.1. The van der Waals surface area contributed by atoms with Gasteiger partial charge in [-0.2, -0.15) is 0 Å². The molecule has 108 valence electrons. The van der Waals surface area contributed by atoms with Crippen LogP contribution in [-0.4, -0.2) is 27.6 Å². The van der Waals surface area contributed by atoms with Crippen LogP contribution in [0.1, 0.15) is 34.9 Å². The molecule has 0 bridgehead atoms. The van der Waals surface area contributed by atoms with Crippen LogP contribution in [-0.2, 0) is 0 Å². The number of rotatable bonds is 3. The number of aromatic nitrogens is 2. The Bertz CT molecular complexity index is 643. The molecule has 1 fully saturated rings. The van der Waals surface area contributed by atoms with Crippen molar-refractivity contribution in [2.75, 3.05) is 11.4 Å². The lowest BCUT2D eigenvalue weighted by Gasteiger charge is -2.25. The van der Waals surface area contributed by atoms with E-state index in [-0.39, 0.29) is 11.7 Å². The second kappa shape index (κ2) is 5.97. The molecule has 21 heavy (non-hydrogen) atoms. The molecule has 6 heteroatoms. The van der Waals surface area contributed by atoms with Crippen LogP contribution in [0.15, 0.2) is 36.7 Å². The summed E-state index contributed by atoms with van der Waals surface area (Å²) in [6.07, 6.45) is 5.04. The smallest absolute Gasteiger partial charge is 0.356 e. The molecule has 1 aliphatic heterocycles. The Labute approximate surface area is 136 Å². The van der Waals surface area contributed by atoms with Crippen molar-refractivity contribution in [3.8, 4) is 0 Å². The third-order valence-electron chi connectivity index (χ3n) is 3.66. The van der Waals surface area contributed by atoms with E-state index in [1.807, 2.05) is 0 Å². The molecule has 0 spiro atoms. The van der Waals surface area contributed by atoms with Gasteiger partial charge in [0.05, 0.1) is 18.4 Å². The Balaban J connectivity index is 1.86. The Kier molecular flexibility index (Phi) is 4.05. The predicted octanol–water partition coefficient (Wildman–Crippen LogP) is 3.12. The normalized spacial score (nSPS) is 18.0. The lowest BCUT2D eigenvalue weighted by molar-refractivity contribution is 0.0690. The van der Waals surface area contributed by atoms with Gasteiger partial charge in [-0.3, -0.25) is 0 Å². The number of anilines is 1. The SMILES string of the molecule is O=C(O)c1cnc(N2CCCC2c2ccc(I)cc2)cn1. The summed E-state index contributed by atoms with van der Waals surface area (Å²) in [5.41, 5.74) is 1.24. The van der Waals surface area contributed by atoms with Gasteiger partial charge in [-0.05, 0) is 53.1 Å². The van der Waals surface area contributed by atoms with Crippen LogP contribution >= 0.6 is 22.6 Å². The molecule has 0 radical (unpaired) electrons. The van der Waals surface area contributed by atoms with Crippen molar-refractivity contribution in [3.05, 3.63) is 51.5 Å². The van der Waals surface area contributed by atoms with Crippen molar-refractivity contribution in [1.29, 1.82) is 0 Å². The summed E-state index contributed by atoms with van der Waals surface area (Å²) >= 11 is 2.29. The summed E-state index contributed by atoms with van der Waals surface area (Å²) in [4.78, 5) is 21.2. The quantitative estimate of drug-likeness (QED) is 0.810. The first-order valence-electron chi connectivity index (χ1n) is 6.72. The van der Waals surface area contributed by atoms with Crippen molar-refractivity contribution in [1.82, 2.24) is 9.97 Å². The molecule has 1 aromatic carbocycles. The number of hydrogen-bond acceptors (Lipinski definition) is 4. The molecule has 0 aliphatic carbocycles. The first-order valence-corrected chi connectivity index (χ1v) is 7.80. The molecule has 5 nitrogen and oxygen atoms in total. The van der Waals surface area contributed by atoms with Gasteiger partial charge in [-0.25, -0.2) is 14.8 Å². The second-order valence-electron chi connectivity index (χ2n) is 4.97. The third kappa shape index (κ3) is 2.99. The molecule has 0 saturated carbocycles. The van der Waals surface area contributed by atoms with Gasteiger partial charge in [0.15, 0.2) is 5.69 Å². The number of nitrogens with zero attached hydrogens (tertiary/aromatic N) is 3. The van der Waals surface area contributed by atoms with E-state index in [1.54, 1.807) is 6.20 Å². The number of carboxylic acid groups (broad SMARTS) is 1. The van der Waals surface area contributed by atoms with E-state index in [0.29, 0.717) is 0 Å².